The van der Waals surface area contributed by atoms with Crippen LogP contribution in [0.25, 0.3) is 0 Å². The maximum atomic E-state index is 5.98. The summed E-state index contributed by atoms with van der Waals surface area (Å²) in [5.41, 5.74) is 1.28. The van der Waals surface area contributed by atoms with Crippen LogP contribution in [0.5, 0.6) is 5.75 Å². The van der Waals surface area contributed by atoms with Crippen LogP contribution < -0.4 is 15.0 Å². The third-order valence-electron chi connectivity index (χ3n) is 4.38. The molecule has 0 amide bonds. The summed E-state index contributed by atoms with van der Waals surface area (Å²) < 4.78 is 5.98. The lowest BCUT2D eigenvalue weighted by atomic mass is 9.98. The fourth-order valence-corrected chi connectivity index (χ4v) is 2.87. The molecule has 1 aliphatic rings. The number of hydrogen-bond donors (Lipinski definition) is 1. The maximum Gasteiger partial charge on any atom is 0.121 e. The average molecular weight is 290 g/mol. The number of ether oxygens (including phenoxy) is 1. The van der Waals surface area contributed by atoms with E-state index < -0.39 is 0 Å². The fraction of sp³-hybridized carbons (Fsp3) is 0.667. The summed E-state index contributed by atoms with van der Waals surface area (Å²) in [7, 11) is 0. The summed E-state index contributed by atoms with van der Waals surface area (Å²) in [5.74, 6) is 1.61. The molecule has 1 aliphatic heterocycles. The minimum atomic E-state index is 0.267. The second-order valence-corrected chi connectivity index (χ2v) is 6.61. The van der Waals surface area contributed by atoms with E-state index >= 15 is 0 Å². The van der Waals surface area contributed by atoms with E-state index in [1.165, 1.54) is 5.69 Å². The fourth-order valence-electron chi connectivity index (χ4n) is 2.87. The van der Waals surface area contributed by atoms with Crippen LogP contribution in [0.1, 0.15) is 41.0 Å². The quantitative estimate of drug-likeness (QED) is 0.895. The van der Waals surface area contributed by atoms with Gasteiger partial charge in [0, 0.05) is 36.9 Å². The van der Waals surface area contributed by atoms with Crippen LogP contribution in [0.2, 0.25) is 0 Å². The monoisotopic (exact) mass is 290 g/mol. The summed E-state index contributed by atoms with van der Waals surface area (Å²) in [6, 6.07) is 9.64. The van der Waals surface area contributed by atoms with E-state index in [4.69, 9.17) is 4.74 Å². The Hall–Kier alpha value is -1.22. The number of nitrogens with zero attached hydrogens (tertiary/aromatic N) is 1. The van der Waals surface area contributed by atoms with Gasteiger partial charge < -0.3 is 15.0 Å². The molecular formula is C18H30N2O. The Bertz CT molecular complexity index is 447. The summed E-state index contributed by atoms with van der Waals surface area (Å²) >= 11 is 0. The second kappa shape index (κ2) is 7.17. The van der Waals surface area contributed by atoms with Gasteiger partial charge in [-0.3, -0.25) is 0 Å². The van der Waals surface area contributed by atoms with Crippen molar-refractivity contribution in [1.29, 1.82) is 0 Å². The van der Waals surface area contributed by atoms with E-state index in [0.717, 1.165) is 25.3 Å². The van der Waals surface area contributed by atoms with Crippen LogP contribution in [-0.2, 0) is 0 Å². The molecular weight excluding hydrogens is 260 g/mol. The van der Waals surface area contributed by atoms with Gasteiger partial charge >= 0.3 is 0 Å². The zero-order valence-corrected chi connectivity index (χ0v) is 14.1. The lowest BCUT2D eigenvalue weighted by molar-refractivity contribution is 0.217. The van der Waals surface area contributed by atoms with Crippen molar-refractivity contribution in [3.63, 3.8) is 0 Å². The first-order chi connectivity index (χ1) is 10.0. The molecule has 118 valence electrons. The van der Waals surface area contributed by atoms with E-state index in [1.807, 2.05) is 0 Å². The molecule has 3 unspecified atom stereocenters. The van der Waals surface area contributed by atoms with Crippen molar-refractivity contribution in [1.82, 2.24) is 5.32 Å². The molecule has 0 radical (unpaired) electrons. The molecule has 3 heteroatoms. The highest BCUT2D eigenvalue weighted by Gasteiger charge is 2.28. The van der Waals surface area contributed by atoms with Gasteiger partial charge in [0.2, 0.25) is 0 Å². The van der Waals surface area contributed by atoms with Gasteiger partial charge in [0.1, 0.15) is 5.75 Å². The van der Waals surface area contributed by atoms with Crippen LogP contribution >= 0.6 is 0 Å². The third kappa shape index (κ3) is 4.13. The standard InChI is InChI=1S/C18H30N2O/c1-6-15(5)21-17-9-7-8-16(10-17)20-12-14(4)19-11-18(20)13(2)3/h7-10,13-15,18-19H,6,11-12H2,1-5H3. The largest absolute Gasteiger partial charge is 0.491 e. The first-order valence-electron chi connectivity index (χ1n) is 8.28. The van der Waals surface area contributed by atoms with Crippen molar-refractivity contribution in [2.24, 2.45) is 5.92 Å². The molecule has 0 bridgehead atoms. The SMILES string of the molecule is CCC(C)Oc1cccc(N2CC(C)NCC2C(C)C)c1. The van der Waals surface area contributed by atoms with Gasteiger partial charge in [-0.25, -0.2) is 0 Å². The van der Waals surface area contributed by atoms with Crippen LogP contribution in [-0.4, -0.2) is 31.3 Å². The summed E-state index contributed by atoms with van der Waals surface area (Å²) in [5, 5.41) is 3.60. The number of hydrogen-bond acceptors (Lipinski definition) is 3. The van der Waals surface area contributed by atoms with E-state index in [1.54, 1.807) is 0 Å². The van der Waals surface area contributed by atoms with Gasteiger partial charge in [0.15, 0.2) is 0 Å². The minimum Gasteiger partial charge on any atom is -0.491 e. The molecule has 1 aromatic rings. The molecule has 1 saturated heterocycles. The predicted molar refractivity (Wildman–Crippen MR) is 90.3 cm³/mol. The number of nitrogens with one attached hydrogen (secondary N) is 1. The number of piperazine rings is 1. The Morgan fingerprint density at radius 3 is 2.76 bits per heavy atom. The molecule has 0 aromatic heterocycles. The number of benzene rings is 1. The van der Waals surface area contributed by atoms with Crippen LogP contribution in [0.15, 0.2) is 24.3 Å². The van der Waals surface area contributed by atoms with Gasteiger partial charge in [0.25, 0.3) is 0 Å². The highest BCUT2D eigenvalue weighted by molar-refractivity contribution is 5.52. The first-order valence-corrected chi connectivity index (χ1v) is 8.28. The van der Waals surface area contributed by atoms with Crippen molar-refractivity contribution in [2.45, 2.75) is 59.2 Å². The molecule has 21 heavy (non-hydrogen) atoms. The zero-order valence-electron chi connectivity index (χ0n) is 14.1. The molecule has 0 spiro atoms. The smallest absolute Gasteiger partial charge is 0.121 e. The lowest BCUT2D eigenvalue weighted by Crippen LogP contribution is -2.57. The molecule has 0 aliphatic carbocycles. The topological polar surface area (TPSA) is 24.5 Å². The third-order valence-corrected chi connectivity index (χ3v) is 4.38. The van der Waals surface area contributed by atoms with Gasteiger partial charge in [-0.15, -0.1) is 0 Å². The van der Waals surface area contributed by atoms with Crippen molar-refractivity contribution < 1.29 is 4.74 Å². The van der Waals surface area contributed by atoms with Crippen molar-refractivity contribution >= 4 is 5.69 Å². The van der Waals surface area contributed by atoms with Gasteiger partial charge in [-0.05, 0) is 38.3 Å². The summed E-state index contributed by atoms with van der Waals surface area (Å²) in [6.45, 7) is 13.2. The Balaban J connectivity index is 2.19. The normalized spacial score (nSPS) is 24.2. The highest BCUT2D eigenvalue weighted by Crippen LogP contribution is 2.27. The summed E-state index contributed by atoms with van der Waals surface area (Å²) in [6.07, 6.45) is 1.30. The Labute approximate surface area is 129 Å². The van der Waals surface area contributed by atoms with E-state index in [0.29, 0.717) is 18.0 Å². The summed E-state index contributed by atoms with van der Waals surface area (Å²) in [4.78, 5) is 2.54. The number of rotatable bonds is 5. The van der Waals surface area contributed by atoms with Crippen LogP contribution in [0, 0.1) is 5.92 Å². The molecule has 2 rings (SSSR count). The van der Waals surface area contributed by atoms with E-state index in [-0.39, 0.29) is 6.10 Å². The maximum absolute atomic E-state index is 5.98. The van der Waals surface area contributed by atoms with E-state index in [9.17, 15) is 0 Å². The molecule has 3 atom stereocenters. The Morgan fingerprint density at radius 2 is 2.10 bits per heavy atom. The van der Waals surface area contributed by atoms with Gasteiger partial charge in [-0.2, -0.15) is 0 Å². The van der Waals surface area contributed by atoms with Crippen LogP contribution in [0.4, 0.5) is 5.69 Å². The van der Waals surface area contributed by atoms with Crippen molar-refractivity contribution in [2.75, 3.05) is 18.0 Å². The first kappa shape index (κ1) is 16.2. The number of anilines is 1. The highest BCUT2D eigenvalue weighted by atomic mass is 16.5. The van der Waals surface area contributed by atoms with Crippen molar-refractivity contribution in [3.05, 3.63) is 24.3 Å². The average Bonchev–Trinajstić information content (AvgIpc) is 2.47. The zero-order chi connectivity index (χ0) is 15.4. The minimum absolute atomic E-state index is 0.267. The second-order valence-electron chi connectivity index (χ2n) is 6.61. The van der Waals surface area contributed by atoms with Gasteiger partial charge in [0.05, 0.1) is 6.10 Å². The molecule has 0 saturated carbocycles. The molecule has 1 fully saturated rings. The Morgan fingerprint density at radius 1 is 1.33 bits per heavy atom. The predicted octanol–water partition coefficient (Wildman–Crippen LogP) is 3.69. The van der Waals surface area contributed by atoms with Crippen LogP contribution in [0.3, 0.4) is 0 Å². The Kier molecular flexibility index (Phi) is 5.51. The van der Waals surface area contributed by atoms with Gasteiger partial charge in [-0.1, -0.05) is 26.8 Å². The molecule has 1 heterocycles. The lowest BCUT2D eigenvalue weighted by Gasteiger charge is -2.43. The van der Waals surface area contributed by atoms with Crippen molar-refractivity contribution in [3.8, 4) is 5.75 Å². The molecule has 1 aromatic carbocycles. The van der Waals surface area contributed by atoms with E-state index in [2.05, 4.69) is 69.1 Å². The molecule has 1 N–H and O–H groups in total. The molecule has 3 nitrogen and oxygen atoms in total.